The number of aryl methyl sites for hydroxylation is 1. The zero-order chi connectivity index (χ0) is 24.3. The number of methoxy groups -OCH3 is 1. The number of nitrogens with zero attached hydrogens (tertiary/aromatic N) is 3. The van der Waals surface area contributed by atoms with Gasteiger partial charge in [0.1, 0.15) is 5.38 Å². The van der Waals surface area contributed by atoms with Gasteiger partial charge in [0, 0.05) is 45.7 Å². The molecule has 2 amide bonds. The molecule has 2 aromatic carbocycles. The summed E-state index contributed by atoms with van der Waals surface area (Å²) in [6.07, 6.45) is 2.57. The number of alkyl halides is 1. The molecule has 0 saturated carbocycles. The minimum Gasteiger partial charge on any atom is -0.385 e. The summed E-state index contributed by atoms with van der Waals surface area (Å²) in [5, 5.41) is -0.855. The van der Waals surface area contributed by atoms with Gasteiger partial charge in [0.25, 0.3) is 0 Å². The molecule has 0 bridgehead atoms. The molecule has 0 aliphatic rings. The lowest BCUT2D eigenvalue weighted by atomic mass is 10.1. The predicted octanol–water partition coefficient (Wildman–Crippen LogP) is 4.40. The Bertz CT molecular complexity index is 1040. The third kappa shape index (κ3) is 7.20. The molecular weight excluding hydrogens is 450 g/mol. The quantitative estimate of drug-likeness (QED) is 0.284. The molecule has 0 aliphatic heterocycles. The first-order valence-corrected chi connectivity index (χ1v) is 11.8. The average Bonchev–Trinajstić information content (AvgIpc) is 3.27. The number of benzene rings is 2. The van der Waals surface area contributed by atoms with E-state index in [1.807, 2.05) is 90.6 Å². The highest BCUT2D eigenvalue weighted by atomic mass is 35.5. The van der Waals surface area contributed by atoms with Crippen LogP contribution in [0.1, 0.15) is 28.6 Å². The van der Waals surface area contributed by atoms with Crippen molar-refractivity contribution >= 4 is 23.4 Å². The maximum Gasteiger partial charge on any atom is 0.245 e. The van der Waals surface area contributed by atoms with Crippen molar-refractivity contribution in [2.75, 3.05) is 26.8 Å². The Morgan fingerprint density at radius 3 is 2.24 bits per heavy atom. The minimum atomic E-state index is -0.855. The monoisotopic (exact) mass is 481 g/mol. The van der Waals surface area contributed by atoms with E-state index in [0.717, 1.165) is 11.3 Å². The van der Waals surface area contributed by atoms with Crippen molar-refractivity contribution in [3.63, 3.8) is 0 Å². The maximum atomic E-state index is 13.5. The zero-order valence-corrected chi connectivity index (χ0v) is 20.5. The highest BCUT2D eigenvalue weighted by Gasteiger charge is 2.27. The third-order valence-electron chi connectivity index (χ3n) is 5.70. The highest BCUT2D eigenvalue weighted by Crippen LogP contribution is 2.23. The Morgan fingerprint density at radius 1 is 0.941 bits per heavy atom. The van der Waals surface area contributed by atoms with E-state index in [9.17, 15) is 9.59 Å². The second-order valence-electron chi connectivity index (χ2n) is 8.23. The summed E-state index contributed by atoms with van der Waals surface area (Å²) in [6, 6.07) is 23.0. The summed E-state index contributed by atoms with van der Waals surface area (Å²) in [7, 11) is 3.58. The van der Waals surface area contributed by atoms with Gasteiger partial charge in [0.15, 0.2) is 0 Å². The molecule has 3 rings (SSSR count). The van der Waals surface area contributed by atoms with Crippen LogP contribution in [0.15, 0.2) is 79.0 Å². The van der Waals surface area contributed by atoms with E-state index in [-0.39, 0.29) is 18.4 Å². The third-order valence-corrected chi connectivity index (χ3v) is 6.14. The van der Waals surface area contributed by atoms with Gasteiger partial charge in [-0.15, -0.1) is 11.6 Å². The summed E-state index contributed by atoms with van der Waals surface area (Å²) >= 11 is 6.54. The van der Waals surface area contributed by atoms with Crippen molar-refractivity contribution in [2.24, 2.45) is 7.05 Å². The number of hydrogen-bond acceptors (Lipinski definition) is 3. The van der Waals surface area contributed by atoms with Crippen molar-refractivity contribution in [1.82, 2.24) is 14.4 Å². The van der Waals surface area contributed by atoms with Crippen LogP contribution in [-0.4, -0.2) is 53.0 Å². The maximum absolute atomic E-state index is 13.5. The van der Waals surface area contributed by atoms with Crippen LogP contribution in [0.3, 0.4) is 0 Å². The van der Waals surface area contributed by atoms with E-state index in [1.54, 1.807) is 16.9 Å². The predicted molar refractivity (Wildman–Crippen MR) is 134 cm³/mol. The Balaban J connectivity index is 1.79. The molecule has 0 radical (unpaired) electrons. The summed E-state index contributed by atoms with van der Waals surface area (Å²) < 4.78 is 7.16. The van der Waals surface area contributed by atoms with Gasteiger partial charge < -0.3 is 19.1 Å². The molecule has 1 aromatic heterocycles. The Labute approximate surface area is 206 Å². The van der Waals surface area contributed by atoms with Crippen LogP contribution in [0.2, 0.25) is 0 Å². The van der Waals surface area contributed by atoms with Crippen LogP contribution < -0.4 is 0 Å². The summed E-state index contributed by atoms with van der Waals surface area (Å²) in [4.78, 5) is 30.2. The lowest BCUT2D eigenvalue weighted by molar-refractivity contribution is -0.141. The van der Waals surface area contributed by atoms with E-state index in [4.69, 9.17) is 16.3 Å². The van der Waals surface area contributed by atoms with Crippen LogP contribution in [0.5, 0.6) is 0 Å². The van der Waals surface area contributed by atoms with Gasteiger partial charge in [-0.1, -0.05) is 60.7 Å². The Morgan fingerprint density at radius 2 is 1.62 bits per heavy atom. The molecular formula is C27H32ClN3O3. The number of rotatable bonds is 12. The smallest absolute Gasteiger partial charge is 0.245 e. The van der Waals surface area contributed by atoms with Crippen LogP contribution in [0.4, 0.5) is 0 Å². The van der Waals surface area contributed by atoms with Crippen molar-refractivity contribution < 1.29 is 14.3 Å². The fourth-order valence-electron chi connectivity index (χ4n) is 3.75. The van der Waals surface area contributed by atoms with Gasteiger partial charge in [-0.05, 0) is 29.7 Å². The van der Waals surface area contributed by atoms with Crippen molar-refractivity contribution in [3.8, 4) is 0 Å². The fraction of sp³-hybridized carbons (Fsp3) is 0.333. The van der Waals surface area contributed by atoms with Crippen LogP contribution in [-0.2, 0) is 34.5 Å². The number of carbonyl (C=O) groups is 2. The highest BCUT2D eigenvalue weighted by molar-refractivity contribution is 6.30. The van der Waals surface area contributed by atoms with E-state index in [1.165, 1.54) is 0 Å². The molecule has 34 heavy (non-hydrogen) atoms. The number of carbonyl (C=O) groups excluding carboxylic acids is 2. The lowest BCUT2D eigenvalue weighted by Gasteiger charge is -2.29. The summed E-state index contributed by atoms with van der Waals surface area (Å²) in [5.74, 6) is -0.413. The van der Waals surface area contributed by atoms with E-state index >= 15 is 0 Å². The van der Waals surface area contributed by atoms with Crippen molar-refractivity contribution in [2.45, 2.75) is 24.9 Å². The molecule has 0 aliphatic carbocycles. The molecule has 1 atom stereocenters. The molecule has 0 spiro atoms. The number of amides is 2. The fourth-order valence-corrected chi connectivity index (χ4v) is 4.03. The molecule has 6 nitrogen and oxygen atoms in total. The van der Waals surface area contributed by atoms with E-state index < -0.39 is 5.38 Å². The van der Waals surface area contributed by atoms with Crippen LogP contribution in [0.25, 0.3) is 0 Å². The van der Waals surface area contributed by atoms with Gasteiger partial charge in [0.05, 0.1) is 13.1 Å². The number of hydrogen-bond donors (Lipinski definition) is 0. The number of halogens is 1. The van der Waals surface area contributed by atoms with Crippen molar-refractivity contribution in [3.05, 3.63) is 95.8 Å². The second-order valence-corrected chi connectivity index (χ2v) is 8.66. The molecule has 0 fully saturated rings. The number of ether oxygens (including phenoxy) is 1. The lowest BCUT2D eigenvalue weighted by Crippen LogP contribution is -2.44. The first-order chi connectivity index (χ1) is 16.5. The average molecular weight is 482 g/mol. The SMILES string of the molecule is COCCCN(CC(=O)N(Cc1ccccc1)Cc1cccn1C)C(=O)C(Cl)c1ccccc1. The molecule has 1 heterocycles. The largest absolute Gasteiger partial charge is 0.385 e. The van der Waals surface area contributed by atoms with E-state index in [2.05, 4.69) is 0 Å². The van der Waals surface area contributed by atoms with Crippen molar-refractivity contribution in [1.29, 1.82) is 0 Å². The van der Waals surface area contributed by atoms with E-state index in [0.29, 0.717) is 38.2 Å². The molecule has 7 heteroatoms. The zero-order valence-electron chi connectivity index (χ0n) is 19.8. The van der Waals surface area contributed by atoms with Crippen LogP contribution in [0, 0.1) is 0 Å². The standard InChI is InChI=1S/C27H32ClN3O3/c1-29-16-9-15-24(29)20-31(19-22-11-5-3-6-12-22)25(32)21-30(17-10-18-34-2)27(33)26(28)23-13-7-4-8-14-23/h3-9,11-16,26H,10,17-21H2,1-2H3. The second kappa shape index (κ2) is 13.0. The number of aromatic nitrogens is 1. The molecule has 1 unspecified atom stereocenters. The van der Waals surface area contributed by atoms with Gasteiger partial charge in [-0.3, -0.25) is 9.59 Å². The Hall–Kier alpha value is -3.09. The van der Waals surface area contributed by atoms with Gasteiger partial charge in [-0.25, -0.2) is 0 Å². The summed E-state index contributed by atoms with van der Waals surface area (Å²) in [5.41, 5.74) is 2.76. The Kier molecular flexibility index (Phi) is 9.74. The van der Waals surface area contributed by atoms with Gasteiger partial charge in [-0.2, -0.15) is 0 Å². The normalized spacial score (nSPS) is 11.7. The molecule has 3 aromatic rings. The first-order valence-electron chi connectivity index (χ1n) is 11.4. The topological polar surface area (TPSA) is 54.8 Å². The summed E-state index contributed by atoms with van der Waals surface area (Å²) in [6.45, 7) is 1.73. The van der Waals surface area contributed by atoms with Gasteiger partial charge in [0.2, 0.25) is 11.8 Å². The first kappa shape index (κ1) is 25.5. The molecule has 0 N–H and O–H groups in total. The minimum absolute atomic E-state index is 0.0458. The van der Waals surface area contributed by atoms with Gasteiger partial charge >= 0.3 is 0 Å². The molecule has 180 valence electrons. The molecule has 0 saturated heterocycles. The van der Waals surface area contributed by atoms with Crippen LogP contribution >= 0.6 is 11.6 Å².